The smallest absolute Gasteiger partial charge is 0.0876 e. The molecule has 4 heteroatoms. The number of rotatable bonds is 2. The van der Waals surface area contributed by atoms with Gasteiger partial charge in [0.15, 0.2) is 0 Å². The van der Waals surface area contributed by atoms with Crippen LogP contribution in [0.3, 0.4) is 0 Å². The van der Waals surface area contributed by atoms with Crippen molar-refractivity contribution in [2.24, 2.45) is 13.0 Å². The molecular weight excluding hydrogens is 192 g/mol. The van der Waals surface area contributed by atoms with Gasteiger partial charge >= 0.3 is 0 Å². The number of nitrogens with zero attached hydrogens (tertiary/aromatic N) is 2. The van der Waals surface area contributed by atoms with Crippen LogP contribution in [0, 0.1) is 19.8 Å². The highest BCUT2D eigenvalue weighted by molar-refractivity contribution is 5.27. The van der Waals surface area contributed by atoms with Crippen LogP contribution in [-0.2, 0) is 11.8 Å². The first-order chi connectivity index (χ1) is 7.11. The van der Waals surface area contributed by atoms with E-state index >= 15 is 0 Å². The van der Waals surface area contributed by atoms with E-state index in [0.29, 0.717) is 6.61 Å². The van der Waals surface area contributed by atoms with Crippen LogP contribution in [-0.4, -0.2) is 28.1 Å². The number of ether oxygens (including phenoxy) is 1. The monoisotopic (exact) mass is 210 g/mol. The maximum Gasteiger partial charge on any atom is 0.0876 e. The van der Waals surface area contributed by atoms with Gasteiger partial charge in [0.05, 0.1) is 18.4 Å². The molecule has 0 spiro atoms. The molecule has 0 bridgehead atoms. The van der Waals surface area contributed by atoms with Crippen molar-refractivity contribution in [3.63, 3.8) is 0 Å². The summed E-state index contributed by atoms with van der Waals surface area (Å²) in [6.45, 7) is 5.37. The van der Waals surface area contributed by atoms with Crippen molar-refractivity contribution < 1.29 is 9.84 Å². The molecule has 1 aliphatic rings. The summed E-state index contributed by atoms with van der Waals surface area (Å²) < 4.78 is 7.12. The van der Waals surface area contributed by atoms with E-state index in [1.807, 2.05) is 25.6 Å². The van der Waals surface area contributed by atoms with E-state index in [1.165, 1.54) is 0 Å². The molecule has 0 amide bonds. The summed E-state index contributed by atoms with van der Waals surface area (Å²) in [5.74, 6) is 0.228. The number of aromatic nitrogens is 2. The lowest BCUT2D eigenvalue weighted by atomic mass is 9.94. The zero-order valence-electron chi connectivity index (χ0n) is 9.53. The fourth-order valence-electron chi connectivity index (χ4n) is 2.26. The van der Waals surface area contributed by atoms with Gasteiger partial charge in [0.25, 0.3) is 0 Å². The Morgan fingerprint density at radius 3 is 2.73 bits per heavy atom. The number of aliphatic hydroxyl groups excluding tert-OH is 1. The average molecular weight is 210 g/mol. The third-order valence-electron chi connectivity index (χ3n) is 3.27. The number of hydrogen-bond acceptors (Lipinski definition) is 3. The highest BCUT2D eigenvalue weighted by atomic mass is 16.5. The molecule has 1 aromatic heterocycles. The Labute approximate surface area is 89.9 Å². The standard InChI is InChI=1S/C11H18N2O2/c1-7-10(8(2)13(3)12-7)11(14)9-4-5-15-6-9/h9,11,14H,4-6H2,1-3H3. The Kier molecular flexibility index (Phi) is 2.80. The molecule has 2 unspecified atom stereocenters. The lowest BCUT2D eigenvalue weighted by Crippen LogP contribution is -2.14. The van der Waals surface area contributed by atoms with Crippen molar-refractivity contribution in [2.45, 2.75) is 26.4 Å². The molecule has 84 valence electrons. The van der Waals surface area contributed by atoms with Gasteiger partial charge in [0.2, 0.25) is 0 Å². The van der Waals surface area contributed by atoms with Crippen LogP contribution < -0.4 is 0 Å². The Bertz CT molecular complexity index is 354. The van der Waals surface area contributed by atoms with E-state index in [4.69, 9.17) is 4.74 Å². The molecule has 0 aromatic carbocycles. The number of hydrogen-bond donors (Lipinski definition) is 1. The molecule has 0 radical (unpaired) electrons. The average Bonchev–Trinajstić information content (AvgIpc) is 2.76. The SMILES string of the molecule is Cc1nn(C)c(C)c1C(O)C1CCOC1. The fraction of sp³-hybridized carbons (Fsp3) is 0.727. The largest absolute Gasteiger partial charge is 0.388 e. The molecular formula is C11H18N2O2. The van der Waals surface area contributed by atoms with Crippen molar-refractivity contribution in [3.05, 3.63) is 17.0 Å². The summed E-state index contributed by atoms with van der Waals surface area (Å²) in [6, 6.07) is 0. The molecule has 0 aliphatic carbocycles. The lowest BCUT2D eigenvalue weighted by molar-refractivity contribution is 0.0908. The van der Waals surface area contributed by atoms with E-state index < -0.39 is 6.10 Å². The summed E-state index contributed by atoms with van der Waals surface area (Å²) in [7, 11) is 1.91. The topological polar surface area (TPSA) is 47.3 Å². The van der Waals surface area contributed by atoms with Crippen molar-refractivity contribution in [3.8, 4) is 0 Å². The highest BCUT2D eigenvalue weighted by Gasteiger charge is 2.29. The van der Waals surface area contributed by atoms with Crippen LogP contribution in [0.5, 0.6) is 0 Å². The quantitative estimate of drug-likeness (QED) is 0.795. The summed E-state index contributed by atoms with van der Waals surface area (Å²) in [4.78, 5) is 0. The first kappa shape index (κ1) is 10.6. The van der Waals surface area contributed by atoms with Gasteiger partial charge in [-0.05, 0) is 20.3 Å². The molecule has 2 heterocycles. The van der Waals surface area contributed by atoms with Crippen molar-refractivity contribution in [2.75, 3.05) is 13.2 Å². The summed E-state index contributed by atoms with van der Waals surface area (Å²) in [6.07, 6.45) is 0.510. The van der Waals surface area contributed by atoms with Crippen molar-refractivity contribution in [1.82, 2.24) is 9.78 Å². The van der Waals surface area contributed by atoms with Crippen LogP contribution in [0.25, 0.3) is 0 Å². The van der Waals surface area contributed by atoms with Gasteiger partial charge in [-0.3, -0.25) is 4.68 Å². The van der Waals surface area contributed by atoms with Gasteiger partial charge in [-0.2, -0.15) is 5.10 Å². The van der Waals surface area contributed by atoms with E-state index in [2.05, 4.69) is 5.10 Å². The van der Waals surface area contributed by atoms with Gasteiger partial charge in [0, 0.05) is 30.8 Å². The summed E-state index contributed by atoms with van der Waals surface area (Å²) >= 11 is 0. The van der Waals surface area contributed by atoms with Crippen LogP contribution in [0.15, 0.2) is 0 Å². The number of aliphatic hydroxyl groups is 1. The second kappa shape index (κ2) is 3.94. The minimum Gasteiger partial charge on any atom is -0.388 e. The molecule has 2 atom stereocenters. The first-order valence-corrected chi connectivity index (χ1v) is 5.37. The Hall–Kier alpha value is -0.870. The van der Waals surface area contributed by atoms with Crippen LogP contribution >= 0.6 is 0 Å². The minimum absolute atomic E-state index is 0.228. The highest BCUT2D eigenvalue weighted by Crippen LogP contribution is 2.31. The zero-order chi connectivity index (χ0) is 11.0. The van der Waals surface area contributed by atoms with Gasteiger partial charge in [0.1, 0.15) is 0 Å². The number of aryl methyl sites for hydroxylation is 2. The minimum atomic E-state index is -0.429. The Morgan fingerprint density at radius 1 is 1.53 bits per heavy atom. The second-order valence-corrected chi connectivity index (χ2v) is 4.28. The van der Waals surface area contributed by atoms with Gasteiger partial charge in [-0.15, -0.1) is 0 Å². The van der Waals surface area contributed by atoms with E-state index in [0.717, 1.165) is 30.0 Å². The molecule has 4 nitrogen and oxygen atoms in total. The van der Waals surface area contributed by atoms with Crippen molar-refractivity contribution in [1.29, 1.82) is 0 Å². The lowest BCUT2D eigenvalue weighted by Gasteiger charge is -2.16. The molecule has 1 saturated heterocycles. The predicted octanol–water partition coefficient (Wildman–Crippen LogP) is 1.11. The normalized spacial score (nSPS) is 23.3. The van der Waals surface area contributed by atoms with Gasteiger partial charge in [-0.25, -0.2) is 0 Å². The molecule has 0 saturated carbocycles. The maximum absolute atomic E-state index is 10.3. The van der Waals surface area contributed by atoms with Crippen LogP contribution in [0.1, 0.15) is 29.5 Å². The Morgan fingerprint density at radius 2 is 2.27 bits per heavy atom. The zero-order valence-corrected chi connectivity index (χ0v) is 9.53. The third-order valence-corrected chi connectivity index (χ3v) is 3.27. The van der Waals surface area contributed by atoms with Gasteiger partial charge in [-0.1, -0.05) is 0 Å². The molecule has 1 fully saturated rings. The van der Waals surface area contributed by atoms with E-state index in [-0.39, 0.29) is 5.92 Å². The molecule has 2 rings (SSSR count). The summed E-state index contributed by atoms with van der Waals surface area (Å²) in [5, 5.41) is 14.6. The Balaban J connectivity index is 2.27. The van der Waals surface area contributed by atoms with Gasteiger partial charge < -0.3 is 9.84 Å². The van der Waals surface area contributed by atoms with Crippen LogP contribution in [0.4, 0.5) is 0 Å². The van der Waals surface area contributed by atoms with E-state index in [1.54, 1.807) is 0 Å². The maximum atomic E-state index is 10.3. The fourth-order valence-corrected chi connectivity index (χ4v) is 2.26. The van der Waals surface area contributed by atoms with Crippen LogP contribution in [0.2, 0.25) is 0 Å². The molecule has 1 aliphatic heterocycles. The molecule has 1 aromatic rings. The van der Waals surface area contributed by atoms with E-state index in [9.17, 15) is 5.11 Å². The predicted molar refractivity (Wildman–Crippen MR) is 56.6 cm³/mol. The summed E-state index contributed by atoms with van der Waals surface area (Å²) in [5.41, 5.74) is 2.95. The third kappa shape index (κ3) is 1.79. The van der Waals surface area contributed by atoms with Crippen molar-refractivity contribution >= 4 is 0 Å². The first-order valence-electron chi connectivity index (χ1n) is 5.37. The second-order valence-electron chi connectivity index (χ2n) is 4.28. The molecule has 1 N–H and O–H groups in total. The molecule has 15 heavy (non-hydrogen) atoms.